The fourth-order valence-corrected chi connectivity index (χ4v) is 2.48. The lowest BCUT2D eigenvalue weighted by Crippen LogP contribution is -2.07. The van der Waals surface area contributed by atoms with Crippen LogP contribution in [0.25, 0.3) is 0 Å². The molecule has 0 fully saturated rings. The van der Waals surface area contributed by atoms with Crippen LogP contribution in [0.3, 0.4) is 0 Å². The van der Waals surface area contributed by atoms with Gasteiger partial charge >= 0.3 is 12.1 Å². The van der Waals surface area contributed by atoms with Gasteiger partial charge in [-0.15, -0.1) is 0 Å². The van der Waals surface area contributed by atoms with Gasteiger partial charge in [0.2, 0.25) is 0 Å². The quantitative estimate of drug-likeness (QED) is 0.846. The van der Waals surface area contributed by atoms with Gasteiger partial charge in [0.25, 0.3) is 0 Å². The van der Waals surface area contributed by atoms with Gasteiger partial charge in [0, 0.05) is 5.69 Å². The number of hydrogen-bond acceptors (Lipinski definition) is 2. The van der Waals surface area contributed by atoms with Gasteiger partial charge in [-0.05, 0) is 56.0 Å². The smallest absolute Gasteiger partial charge is 0.416 e. The van der Waals surface area contributed by atoms with Crippen LogP contribution in [0.5, 0.6) is 0 Å². The molecule has 0 bridgehead atoms. The van der Waals surface area contributed by atoms with E-state index in [4.69, 9.17) is 4.74 Å². The van der Waals surface area contributed by atoms with Crippen molar-refractivity contribution in [2.45, 2.75) is 33.4 Å². The lowest BCUT2D eigenvalue weighted by Gasteiger charge is -2.08. The molecule has 1 aromatic heterocycles. The molecule has 1 N–H and O–H groups in total. The average molecular weight is 325 g/mol. The first kappa shape index (κ1) is 17.1. The zero-order valence-corrected chi connectivity index (χ0v) is 13.2. The van der Waals surface area contributed by atoms with Crippen LogP contribution in [0.4, 0.5) is 13.2 Å². The van der Waals surface area contributed by atoms with E-state index in [1.807, 2.05) is 6.92 Å². The Morgan fingerprint density at radius 2 is 1.78 bits per heavy atom. The Kier molecular flexibility index (Phi) is 4.82. The first-order chi connectivity index (χ1) is 10.7. The number of ether oxygens (including phenoxy) is 1. The summed E-state index contributed by atoms with van der Waals surface area (Å²) < 4.78 is 42.7. The van der Waals surface area contributed by atoms with Crippen LogP contribution < -0.4 is 0 Å². The van der Waals surface area contributed by atoms with Gasteiger partial charge in [0.15, 0.2) is 0 Å². The van der Waals surface area contributed by atoms with Gasteiger partial charge in [-0.3, -0.25) is 0 Å². The number of H-pyrrole nitrogens is 1. The van der Waals surface area contributed by atoms with Crippen molar-refractivity contribution in [1.82, 2.24) is 4.98 Å². The topological polar surface area (TPSA) is 42.1 Å². The zero-order chi connectivity index (χ0) is 17.2. The van der Waals surface area contributed by atoms with Crippen LogP contribution in [0, 0.1) is 13.8 Å². The molecular weight excluding hydrogens is 307 g/mol. The number of benzene rings is 1. The molecule has 0 unspecified atom stereocenters. The molecule has 0 aliphatic rings. The maximum Gasteiger partial charge on any atom is 0.416 e. The highest BCUT2D eigenvalue weighted by Crippen LogP contribution is 2.30. The predicted molar refractivity (Wildman–Crippen MR) is 80.5 cm³/mol. The van der Waals surface area contributed by atoms with Crippen LogP contribution in [0.1, 0.15) is 45.4 Å². The summed E-state index contributed by atoms with van der Waals surface area (Å²) in [5.74, 6) is -0.424. The molecule has 0 aliphatic carbocycles. The van der Waals surface area contributed by atoms with Crippen LogP contribution in [0.15, 0.2) is 24.3 Å². The molecule has 6 heteroatoms. The van der Waals surface area contributed by atoms with E-state index in [0.717, 1.165) is 34.5 Å². The molecule has 3 nitrogen and oxygen atoms in total. The molecule has 2 aromatic rings. The summed E-state index contributed by atoms with van der Waals surface area (Å²) in [6.45, 7) is 5.64. The normalized spacial score (nSPS) is 11.6. The molecule has 0 aliphatic heterocycles. The largest absolute Gasteiger partial charge is 0.461 e. The molecule has 0 atom stereocenters. The van der Waals surface area contributed by atoms with Crippen molar-refractivity contribution in [3.63, 3.8) is 0 Å². The molecule has 0 saturated carbocycles. The van der Waals surface area contributed by atoms with Crippen LogP contribution in [-0.2, 0) is 17.3 Å². The first-order valence-electron chi connectivity index (χ1n) is 7.25. The number of alkyl halides is 3. The predicted octanol–water partition coefficient (Wildman–Crippen LogP) is 4.42. The van der Waals surface area contributed by atoms with Crippen molar-refractivity contribution < 1.29 is 22.7 Å². The van der Waals surface area contributed by atoms with Crippen LogP contribution in [-0.4, -0.2) is 17.6 Å². The van der Waals surface area contributed by atoms with Crippen molar-refractivity contribution in [3.8, 4) is 0 Å². The molecule has 23 heavy (non-hydrogen) atoms. The molecule has 1 heterocycles. The Hall–Kier alpha value is -2.24. The number of aryl methyl sites for hydroxylation is 1. The minimum Gasteiger partial charge on any atom is -0.461 e. The van der Waals surface area contributed by atoms with E-state index >= 15 is 0 Å². The first-order valence-corrected chi connectivity index (χ1v) is 7.25. The third-order valence-electron chi connectivity index (χ3n) is 3.73. The van der Waals surface area contributed by atoms with E-state index in [1.165, 1.54) is 12.1 Å². The van der Waals surface area contributed by atoms with E-state index in [1.54, 1.807) is 13.8 Å². The fourth-order valence-electron chi connectivity index (χ4n) is 2.48. The summed E-state index contributed by atoms with van der Waals surface area (Å²) in [6, 6.07) is 5.05. The number of aromatic amines is 1. The molecule has 0 spiro atoms. The number of nitrogens with one attached hydrogen (secondary N) is 1. The van der Waals surface area contributed by atoms with Gasteiger partial charge in [-0.1, -0.05) is 12.1 Å². The number of hydrogen-bond donors (Lipinski definition) is 1. The second-order valence-corrected chi connectivity index (χ2v) is 5.32. The summed E-state index contributed by atoms with van der Waals surface area (Å²) >= 11 is 0. The van der Waals surface area contributed by atoms with Gasteiger partial charge < -0.3 is 9.72 Å². The Morgan fingerprint density at radius 1 is 1.17 bits per heavy atom. The van der Waals surface area contributed by atoms with E-state index in [0.29, 0.717) is 12.1 Å². The summed E-state index contributed by atoms with van der Waals surface area (Å²) in [5, 5.41) is 0. The lowest BCUT2D eigenvalue weighted by atomic mass is 10.00. The minimum atomic E-state index is -4.34. The second-order valence-electron chi connectivity index (χ2n) is 5.32. The Balaban J connectivity index is 2.25. The Morgan fingerprint density at radius 3 is 2.30 bits per heavy atom. The van der Waals surface area contributed by atoms with Crippen molar-refractivity contribution in [2.75, 3.05) is 6.61 Å². The summed E-state index contributed by atoms with van der Waals surface area (Å²) in [5.41, 5.74) is 2.94. The van der Waals surface area contributed by atoms with Gasteiger partial charge in [0.1, 0.15) is 5.69 Å². The third kappa shape index (κ3) is 3.75. The summed E-state index contributed by atoms with van der Waals surface area (Å²) in [6.07, 6.45) is -3.89. The average Bonchev–Trinajstić information content (AvgIpc) is 2.75. The molecule has 2 rings (SSSR count). The van der Waals surface area contributed by atoms with Crippen molar-refractivity contribution in [2.24, 2.45) is 0 Å². The third-order valence-corrected chi connectivity index (χ3v) is 3.73. The molecule has 0 saturated heterocycles. The van der Waals surface area contributed by atoms with Gasteiger partial charge in [-0.2, -0.15) is 13.2 Å². The maximum absolute atomic E-state index is 12.6. The maximum atomic E-state index is 12.6. The van der Waals surface area contributed by atoms with Gasteiger partial charge in [0.05, 0.1) is 12.2 Å². The zero-order valence-electron chi connectivity index (χ0n) is 13.2. The summed E-state index contributed by atoms with van der Waals surface area (Å²) in [4.78, 5) is 14.9. The Bertz CT molecular complexity index is 700. The number of halogens is 3. The number of rotatable bonds is 4. The van der Waals surface area contributed by atoms with Crippen LogP contribution >= 0.6 is 0 Å². The monoisotopic (exact) mass is 325 g/mol. The van der Waals surface area contributed by atoms with Crippen molar-refractivity contribution in [3.05, 3.63) is 57.9 Å². The molecule has 124 valence electrons. The molecule has 0 amide bonds. The lowest BCUT2D eigenvalue weighted by molar-refractivity contribution is -0.137. The minimum absolute atomic E-state index is 0.282. The number of aromatic nitrogens is 1. The van der Waals surface area contributed by atoms with Gasteiger partial charge in [-0.25, -0.2) is 4.79 Å². The number of esters is 1. The molecule has 1 aromatic carbocycles. The number of carbonyl (C=O) groups excluding carboxylic acids is 1. The van der Waals surface area contributed by atoms with E-state index < -0.39 is 17.7 Å². The SMILES string of the molecule is CCOC(=O)c1[nH]c(C)c(Cc2ccc(C(F)(F)F)cc2)c1C. The van der Waals surface area contributed by atoms with E-state index in [2.05, 4.69) is 4.98 Å². The fraction of sp³-hybridized carbons (Fsp3) is 0.353. The Labute approximate surface area is 132 Å². The van der Waals surface area contributed by atoms with Crippen molar-refractivity contribution >= 4 is 5.97 Å². The van der Waals surface area contributed by atoms with E-state index in [-0.39, 0.29) is 6.61 Å². The number of carbonyl (C=O) groups is 1. The highest BCUT2D eigenvalue weighted by molar-refractivity contribution is 5.89. The standard InChI is InChI=1S/C17H18F3NO2/c1-4-23-16(22)15-10(2)14(11(3)21-15)9-12-5-7-13(8-6-12)17(18,19)20/h5-8,21H,4,9H2,1-3H3. The highest BCUT2D eigenvalue weighted by atomic mass is 19.4. The highest BCUT2D eigenvalue weighted by Gasteiger charge is 2.30. The molecule has 0 radical (unpaired) electrons. The van der Waals surface area contributed by atoms with Crippen molar-refractivity contribution in [1.29, 1.82) is 0 Å². The van der Waals surface area contributed by atoms with Crippen LogP contribution in [0.2, 0.25) is 0 Å². The molecular formula is C17H18F3NO2. The van der Waals surface area contributed by atoms with E-state index in [9.17, 15) is 18.0 Å². The second kappa shape index (κ2) is 6.48. The summed E-state index contributed by atoms with van der Waals surface area (Å²) in [7, 11) is 0.